The zero-order chi connectivity index (χ0) is 13.3. The lowest BCUT2D eigenvalue weighted by Crippen LogP contribution is -2.29. The standard InChI is InChI=1S/C12H12ClNO3S/c1-12(5-2-6-18-12)11(15)9-4-3-8(13)7-10(9)14(16)17/h3-4,7H,2,5-6H2,1H3. The average molecular weight is 286 g/mol. The molecular weight excluding hydrogens is 274 g/mol. The van der Waals surface area contributed by atoms with Crippen LogP contribution in [0.5, 0.6) is 0 Å². The molecule has 1 saturated heterocycles. The molecular formula is C12H12ClNO3S. The lowest BCUT2D eigenvalue weighted by atomic mass is 9.93. The van der Waals surface area contributed by atoms with Crippen molar-refractivity contribution in [3.8, 4) is 0 Å². The molecule has 1 unspecified atom stereocenters. The zero-order valence-electron chi connectivity index (χ0n) is 9.81. The first-order chi connectivity index (χ1) is 8.44. The fourth-order valence-corrected chi connectivity index (χ4v) is 3.53. The quantitative estimate of drug-likeness (QED) is 0.482. The topological polar surface area (TPSA) is 60.2 Å². The minimum absolute atomic E-state index is 0.154. The second-order valence-corrected chi connectivity index (χ2v) is 6.46. The number of halogens is 1. The Morgan fingerprint density at radius 1 is 1.56 bits per heavy atom. The van der Waals surface area contributed by atoms with Crippen LogP contribution in [0.4, 0.5) is 5.69 Å². The van der Waals surface area contributed by atoms with Gasteiger partial charge in [0.2, 0.25) is 0 Å². The summed E-state index contributed by atoms with van der Waals surface area (Å²) < 4.78 is -0.543. The van der Waals surface area contributed by atoms with E-state index in [4.69, 9.17) is 11.6 Å². The van der Waals surface area contributed by atoms with E-state index in [9.17, 15) is 14.9 Å². The highest BCUT2D eigenvalue weighted by molar-refractivity contribution is 8.01. The average Bonchev–Trinajstić information content (AvgIpc) is 2.76. The first-order valence-electron chi connectivity index (χ1n) is 5.57. The number of nitrogens with zero attached hydrogens (tertiary/aromatic N) is 1. The Bertz CT molecular complexity index is 512. The molecule has 6 heteroatoms. The molecule has 1 aromatic rings. The summed E-state index contributed by atoms with van der Waals surface area (Å²) in [4.78, 5) is 22.9. The van der Waals surface area contributed by atoms with Crippen LogP contribution in [0.2, 0.25) is 5.02 Å². The highest BCUT2D eigenvalue weighted by Gasteiger charge is 2.40. The number of nitro groups is 1. The van der Waals surface area contributed by atoms with E-state index in [0.29, 0.717) is 0 Å². The van der Waals surface area contributed by atoms with Crippen LogP contribution in [0.15, 0.2) is 18.2 Å². The third-order valence-corrected chi connectivity index (χ3v) is 4.85. The van der Waals surface area contributed by atoms with Gasteiger partial charge in [-0.25, -0.2) is 0 Å². The molecule has 1 aliphatic heterocycles. The van der Waals surface area contributed by atoms with Gasteiger partial charge in [0, 0.05) is 11.1 Å². The van der Waals surface area contributed by atoms with Gasteiger partial charge in [-0.3, -0.25) is 14.9 Å². The summed E-state index contributed by atoms with van der Waals surface area (Å²) >= 11 is 7.31. The normalized spacial score (nSPS) is 23.0. The monoisotopic (exact) mass is 285 g/mol. The van der Waals surface area contributed by atoms with Crippen molar-refractivity contribution in [1.82, 2.24) is 0 Å². The molecule has 1 atom stereocenters. The molecule has 0 bridgehead atoms. The first-order valence-corrected chi connectivity index (χ1v) is 6.93. The molecule has 0 spiro atoms. The molecule has 96 valence electrons. The number of thioether (sulfide) groups is 1. The molecule has 0 amide bonds. The predicted octanol–water partition coefficient (Wildman–Crippen LogP) is 3.72. The Morgan fingerprint density at radius 2 is 2.28 bits per heavy atom. The molecule has 4 nitrogen and oxygen atoms in total. The van der Waals surface area contributed by atoms with Crippen molar-refractivity contribution >= 4 is 34.8 Å². The van der Waals surface area contributed by atoms with Gasteiger partial charge in [0.15, 0.2) is 5.78 Å². The molecule has 0 aromatic heterocycles. The van der Waals surface area contributed by atoms with Gasteiger partial charge in [-0.1, -0.05) is 11.6 Å². The molecule has 0 aliphatic carbocycles. The Hall–Kier alpha value is -1.07. The van der Waals surface area contributed by atoms with E-state index in [1.54, 1.807) is 11.8 Å². The van der Waals surface area contributed by atoms with Crippen molar-refractivity contribution in [3.05, 3.63) is 38.9 Å². The maximum absolute atomic E-state index is 12.4. The van der Waals surface area contributed by atoms with Crippen LogP contribution in [0.1, 0.15) is 30.1 Å². The van der Waals surface area contributed by atoms with Gasteiger partial charge in [0.25, 0.3) is 5.69 Å². The van der Waals surface area contributed by atoms with E-state index in [1.165, 1.54) is 18.2 Å². The van der Waals surface area contributed by atoms with Gasteiger partial charge in [0.05, 0.1) is 15.2 Å². The summed E-state index contributed by atoms with van der Waals surface area (Å²) in [6, 6.07) is 4.20. The lowest BCUT2D eigenvalue weighted by molar-refractivity contribution is -0.385. The number of benzene rings is 1. The molecule has 18 heavy (non-hydrogen) atoms. The molecule has 1 aromatic carbocycles. The van der Waals surface area contributed by atoms with Crippen molar-refractivity contribution in [2.75, 3.05) is 5.75 Å². The Balaban J connectivity index is 2.44. The summed E-state index contributed by atoms with van der Waals surface area (Å²) in [5.74, 6) is 0.747. The van der Waals surface area contributed by atoms with Crippen molar-refractivity contribution in [2.24, 2.45) is 0 Å². The van der Waals surface area contributed by atoms with Crippen LogP contribution < -0.4 is 0 Å². The Labute approximate surface area is 114 Å². The third-order valence-electron chi connectivity index (χ3n) is 3.10. The molecule has 1 aliphatic rings. The maximum Gasteiger partial charge on any atom is 0.281 e. The van der Waals surface area contributed by atoms with Crippen LogP contribution in [-0.2, 0) is 0 Å². The van der Waals surface area contributed by atoms with E-state index in [0.717, 1.165) is 18.6 Å². The minimum atomic E-state index is -0.553. The summed E-state index contributed by atoms with van der Waals surface area (Å²) in [7, 11) is 0. The molecule has 1 fully saturated rings. The molecule has 0 N–H and O–H groups in total. The van der Waals surface area contributed by atoms with Crippen LogP contribution in [0.25, 0.3) is 0 Å². The molecule has 1 heterocycles. The van der Waals surface area contributed by atoms with Crippen molar-refractivity contribution in [1.29, 1.82) is 0 Å². The smallest absolute Gasteiger partial charge is 0.281 e. The van der Waals surface area contributed by atoms with Gasteiger partial charge >= 0.3 is 0 Å². The number of Topliss-reactive ketones (excluding diaryl/α,β-unsaturated/α-hetero) is 1. The van der Waals surface area contributed by atoms with Crippen LogP contribution in [0.3, 0.4) is 0 Å². The number of ketones is 1. The zero-order valence-corrected chi connectivity index (χ0v) is 11.4. The van der Waals surface area contributed by atoms with Gasteiger partial charge in [-0.15, -0.1) is 11.8 Å². The Morgan fingerprint density at radius 3 is 2.83 bits per heavy atom. The number of rotatable bonds is 3. The number of hydrogen-bond acceptors (Lipinski definition) is 4. The summed E-state index contributed by atoms with van der Waals surface area (Å²) in [5.41, 5.74) is -0.0532. The summed E-state index contributed by atoms with van der Waals surface area (Å²) in [6.07, 6.45) is 1.73. The van der Waals surface area contributed by atoms with E-state index in [-0.39, 0.29) is 22.1 Å². The first kappa shape index (κ1) is 13.4. The van der Waals surface area contributed by atoms with E-state index in [2.05, 4.69) is 0 Å². The van der Waals surface area contributed by atoms with Gasteiger partial charge in [-0.05, 0) is 37.7 Å². The SMILES string of the molecule is CC1(C(=O)c2ccc(Cl)cc2[N+](=O)[O-])CCCS1. The fourth-order valence-electron chi connectivity index (χ4n) is 2.09. The number of nitro benzene ring substituents is 1. The largest absolute Gasteiger partial charge is 0.292 e. The fraction of sp³-hybridized carbons (Fsp3) is 0.417. The second-order valence-electron chi connectivity index (χ2n) is 4.43. The number of carbonyl (C=O) groups excluding carboxylic acids is 1. The molecule has 0 saturated carbocycles. The molecule has 2 rings (SSSR count). The molecule has 0 radical (unpaired) electrons. The predicted molar refractivity (Wildman–Crippen MR) is 72.5 cm³/mol. The van der Waals surface area contributed by atoms with Crippen LogP contribution >= 0.6 is 23.4 Å². The van der Waals surface area contributed by atoms with Crippen molar-refractivity contribution in [3.63, 3.8) is 0 Å². The third kappa shape index (κ3) is 2.37. The van der Waals surface area contributed by atoms with Crippen molar-refractivity contribution in [2.45, 2.75) is 24.5 Å². The van der Waals surface area contributed by atoms with E-state index < -0.39 is 9.67 Å². The minimum Gasteiger partial charge on any atom is -0.292 e. The Kier molecular flexibility index (Phi) is 3.64. The van der Waals surface area contributed by atoms with Crippen LogP contribution in [0, 0.1) is 10.1 Å². The number of carbonyl (C=O) groups is 1. The number of hydrogen-bond donors (Lipinski definition) is 0. The van der Waals surface area contributed by atoms with E-state index >= 15 is 0 Å². The lowest BCUT2D eigenvalue weighted by Gasteiger charge is -2.20. The summed E-state index contributed by atoms with van der Waals surface area (Å²) in [6.45, 7) is 1.85. The van der Waals surface area contributed by atoms with Gasteiger partial charge < -0.3 is 0 Å². The van der Waals surface area contributed by atoms with Gasteiger partial charge in [-0.2, -0.15) is 0 Å². The van der Waals surface area contributed by atoms with Crippen LogP contribution in [-0.4, -0.2) is 21.2 Å². The highest BCUT2D eigenvalue weighted by Crippen LogP contribution is 2.41. The summed E-state index contributed by atoms with van der Waals surface area (Å²) in [5, 5.41) is 11.3. The van der Waals surface area contributed by atoms with Gasteiger partial charge in [0.1, 0.15) is 0 Å². The highest BCUT2D eigenvalue weighted by atomic mass is 35.5. The second kappa shape index (κ2) is 4.90. The van der Waals surface area contributed by atoms with Crippen molar-refractivity contribution < 1.29 is 9.72 Å². The maximum atomic E-state index is 12.4. The van der Waals surface area contributed by atoms with E-state index in [1.807, 2.05) is 6.92 Å².